The Balaban J connectivity index is 2.34. The van der Waals surface area contributed by atoms with E-state index in [0.29, 0.717) is 14.7 Å². The average Bonchev–Trinajstić information content (AvgIpc) is 2.45. The molecule has 2 atom stereocenters. The molecule has 0 aromatic rings. The second-order valence-electron chi connectivity index (χ2n) is 7.97. The number of hydrogen-bond donors (Lipinski definition) is 0. The van der Waals surface area contributed by atoms with E-state index in [0.717, 1.165) is 12.8 Å². The van der Waals surface area contributed by atoms with Crippen LogP contribution in [0.2, 0.25) is 0 Å². The summed E-state index contributed by atoms with van der Waals surface area (Å²) >= 11 is 0. The molecule has 0 saturated heterocycles. The van der Waals surface area contributed by atoms with Crippen molar-refractivity contribution in [2.75, 3.05) is 42.3 Å². The summed E-state index contributed by atoms with van der Waals surface area (Å²) in [5.41, 5.74) is 2.40. The number of hydrogen-bond acceptors (Lipinski definition) is 1. The predicted octanol–water partition coefficient (Wildman–Crippen LogP) is 2.89. The zero-order chi connectivity index (χ0) is 16.5. The highest BCUT2D eigenvalue weighted by molar-refractivity contribution is 5.91. The molecular formula is C19H30N2O+2. The van der Waals surface area contributed by atoms with Gasteiger partial charge in [-0.2, -0.15) is 0 Å². The fraction of sp³-hybridized carbons (Fsp3) is 0.526. The van der Waals surface area contributed by atoms with Crippen molar-refractivity contribution in [3.63, 3.8) is 0 Å². The molecule has 120 valence electrons. The lowest BCUT2D eigenvalue weighted by molar-refractivity contribution is -0.835. The van der Waals surface area contributed by atoms with Crippen molar-refractivity contribution in [1.29, 1.82) is 0 Å². The van der Waals surface area contributed by atoms with Crippen molar-refractivity contribution >= 4 is 5.78 Å². The Labute approximate surface area is 135 Å². The maximum Gasteiger partial charge on any atom is 0.166 e. The second kappa shape index (κ2) is 5.98. The van der Waals surface area contributed by atoms with Gasteiger partial charge in [-0.3, -0.25) is 4.79 Å². The molecule has 0 radical (unpaired) electrons. The van der Waals surface area contributed by atoms with Crippen molar-refractivity contribution in [3.8, 4) is 0 Å². The molecular weight excluding hydrogens is 272 g/mol. The number of carbonyl (C=O) groups excluding carboxylic acids is 1. The first-order chi connectivity index (χ1) is 10.1. The summed E-state index contributed by atoms with van der Waals surface area (Å²) in [7, 11) is 12.8. The molecule has 2 aliphatic carbocycles. The van der Waals surface area contributed by atoms with Crippen LogP contribution < -0.4 is 0 Å². The molecule has 0 aromatic carbocycles. The fourth-order valence-electron chi connectivity index (χ4n) is 3.31. The quantitative estimate of drug-likeness (QED) is 0.576. The summed E-state index contributed by atoms with van der Waals surface area (Å²) in [5, 5.41) is 0. The van der Waals surface area contributed by atoms with Crippen LogP contribution in [0.5, 0.6) is 0 Å². The van der Waals surface area contributed by atoms with Crippen LogP contribution in [0.1, 0.15) is 12.8 Å². The SMILES string of the molecule is C[N+](C)(C)C1=CCC=CC1C(=O)C1C=CCC=C1[N+](C)(C)C. The number of ketones is 1. The fourth-order valence-corrected chi connectivity index (χ4v) is 3.31. The van der Waals surface area contributed by atoms with E-state index < -0.39 is 0 Å². The first-order valence-electron chi connectivity index (χ1n) is 8.03. The topological polar surface area (TPSA) is 17.1 Å². The summed E-state index contributed by atoms with van der Waals surface area (Å²) in [4.78, 5) is 13.3. The molecule has 2 aliphatic rings. The van der Waals surface area contributed by atoms with Crippen LogP contribution in [0.15, 0.2) is 47.9 Å². The van der Waals surface area contributed by atoms with Crippen LogP contribution in [-0.2, 0) is 4.79 Å². The largest absolute Gasteiger partial charge is 0.301 e. The minimum absolute atomic E-state index is 0.114. The number of allylic oxidation sites excluding steroid dienone is 6. The summed E-state index contributed by atoms with van der Waals surface area (Å²) in [5.74, 6) is 0.0680. The molecule has 2 rings (SSSR count). The van der Waals surface area contributed by atoms with E-state index in [4.69, 9.17) is 0 Å². The lowest BCUT2D eigenvalue weighted by Crippen LogP contribution is -2.44. The second-order valence-corrected chi connectivity index (χ2v) is 7.97. The van der Waals surface area contributed by atoms with Gasteiger partial charge in [0.05, 0.1) is 42.3 Å². The maximum absolute atomic E-state index is 13.3. The molecule has 0 saturated carbocycles. The van der Waals surface area contributed by atoms with Crippen molar-refractivity contribution in [1.82, 2.24) is 0 Å². The zero-order valence-corrected chi connectivity index (χ0v) is 14.8. The predicted molar refractivity (Wildman–Crippen MR) is 91.7 cm³/mol. The Bertz CT molecular complexity index is 515. The third kappa shape index (κ3) is 3.47. The molecule has 0 aliphatic heterocycles. The lowest BCUT2D eigenvalue weighted by Gasteiger charge is -2.35. The molecule has 0 heterocycles. The highest BCUT2D eigenvalue weighted by Crippen LogP contribution is 2.33. The van der Waals surface area contributed by atoms with Gasteiger partial charge < -0.3 is 8.97 Å². The van der Waals surface area contributed by atoms with E-state index in [1.54, 1.807) is 0 Å². The third-order valence-corrected chi connectivity index (χ3v) is 4.38. The van der Waals surface area contributed by atoms with Crippen molar-refractivity contribution in [2.24, 2.45) is 11.8 Å². The molecule has 0 spiro atoms. The molecule has 22 heavy (non-hydrogen) atoms. The zero-order valence-electron chi connectivity index (χ0n) is 14.8. The Morgan fingerprint density at radius 1 is 0.818 bits per heavy atom. The highest BCUT2D eigenvalue weighted by Gasteiger charge is 2.39. The number of quaternary nitrogens is 2. The molecule has 0 aromatic heterocycles. The van der Waals surface area contributed by atoms with Crippen LogP contribution in [0.25, 0.3) is 0 Å². The van der Waals surface area contributed by atoms with Crippen molar-refractivity contribution < 1.29 is 13.8 Å². The minimum atomic E-state index is -0.114. The maximum atomic E-state index is 13.3. The number of nitrogens with zero attached hydrogens (tertiary/aromatic N) is 2. The van der Waals surface area contributed by atoms with Gasteiger partial charge in [-0.05, 0) is 25.0 Å². The lowest BCUT2D eigenvalue weighted by atomic mass is 9.82. The van der Waals surface area contributed by atoms with E-state index in [9.17, 15) is 4.79 Å². The van der Waals surface area contributed by atoms with Crippen LogP contribution in [-0.4, -0.2) is 57.0 Å². The van der Waals surface area contributed by atoms with Gasteiger partial charge in [0.25, 0.3) is 0 Å². The van der Waals surface area contributed by atoms with E-state index in [1.807, 2.05) is 0 Å². The number of rotatable bonds is 4. The number of Topliss-reactive ketones (excluding diaryl/α,β-unsaturated/α-hetero) is 1. The summed E-state index contributed by atoms with van der Waals surface area (Å²) in [6, 6.07) is 0. The van der Waals surface area contributed by atoms with Crippen LogP contribution in [0, 0.1) is 11.8 Å². The van der Waals surface area contributed by atoms with Crippen LogP contribution in [0.4, 0.5) is 0 Å². The normalized spacial score (nSPS) is 25.7. The third-order valence-electron chi connectivity index (χ3n) is 4.38. The van der Waals surface area contributed by atoms with E-state index in [2.05, 4.69) is 78.7 Å². The van der Waals surface area contributed by atoms with Crippen molar-refractivity contribution in [3.05, 3.63) is 47.9 Å². The van der Waals surface area contributed by atoms with Gasteiger partial charge in [-0.25, -0.2) is 0 Å². The van der Waals surface area contributed by atoms with E-state index >= 15 is 0 Å². The van der Waals surface area contributed by atoms with Crippen molar-refractivity contribution in [2.45, 2.75) is 12.8 Å². The minimum Gasteiger partial charge on any atom is -0.301 e. The van der Waals surface area contributed by atoms with Crippen LogP contribution in [0.3, 0.4) is 0 Å². The van der Waals surface area contributed by atoms with Gasteiger partial charge in [0.1, 0.15) is 23.2 Å². The molecule has 2 unspecified atom stereocenters. The Morgan fingerprint density at radius 3 is 1.50 bits per heavy atom. The molecule has 0 bridgehead atoms. The monoisotopic (exact) mass is 302 g/mol. The van der Waals surface area contributed by atoms with Crippen LogP contribution >= 0.6 is 0 Å². The average molecular weight is 302 g/mol. The summed E-state index contributed by atoms with van der Waals surface area (Å²) < 4.78 is 1.42. The van der Waals surface area contributed by atoms with Gasteiger partial charge in [0.15, 0.2) is 5.78 Å². The molecule has 3 nitrogen and oxygen atoms in total. The summed E-state index contributed by atoms with van der Waals surface area (Å²) in [6.45, 7) is 0. The van der Waals surface area contributed by atoms with Gasteiger partial charge in [-0.1, -0.05) is 24.3 Å². The van der Waals surface area contributed by atoms with Gasteiger partial charge >= 0.3 is 0 Å². The molecule has 0 N–H and O–H groups in total. The van der Waals surface area contributed by atoms with Gasteiger partial charge in [0, 0.05) is 0 Å². The Hall–Kier alpha value is -1.45. The molecule has 0 fully saturated rings. The van der Waals surface area contributed by atoms with E-state index in [-0.39, 0.29) is 11.8 Å². The molecule has 3 heteroatoms. The first-order valence-corrected chi connectivity index (χ1v) is 8.03. The Kier molecular flexibility index (Phi) is 4.59. The molecule has 0 amide bonds. The standard InChI is InChI=1S/C19H30N2O/c1-20(2,3)17-13-9-7-11-15(17)19(22)16-12-8-10-14-18(16)21(4,5)6/h7-8,11-16H,9-10H2,1-6H3/q+2. The number of carbonyl (C=O) groups is 1. The van der Waals surface area contributed by atoms with E-state index in [1.165, 1.54) is 11.4 Å². The summed E-state index contributed by atoms with van der Waals surface area (Å²) in [6.07, 6.45) is 14.7. The van der Waals surface area contributed by atoms with Gasteiger partial charge in [-0.15, -0.1) is 0 Å². The highest BCUT2D eigenvalue weighted by atomic mass is 16.1. The smallest absolute Gasteiger partial charge is 0.166 e. The Morgan fingerprint density at radius 2 is 1.18 bits per heavy atom. The van der Waals surface area contributed by atoms with Gasteiger partial charge in [0.2, 0.25) is 0 Å². The first kappa shape index (κ1) is 16.9.